The third-order valence-electron chi connectivity index (χ3n) is 5.43. The van der Waals surface area contributed by atoms with Crippen LogP contribution < -0.4 is 10.6 Å². The standard InChI is InChI=1S/C24H25N2O2P/c1-18-14-16-19(17-15-18)22-23(24(27)25(2)3)26(22)29(28,20-10-6-4-7-11-20)21-12-8-5-9-13-21/h4-17,22-23H,1-3H3/t22-,23-,26?/m1/s1. The molecule has 0 N–H and O–H groups in total. The summed E-state index contributed by atoms with van der Waals surface area (Å²) in [5.74, 6) is -0.0253. The molecule has 3 aromatic carbocycles. The lowest BCUT2D eigenvalue weighted by Gasteiger charge is -2.22. The first kappa shape index (κ1) is 19.6. The van der Waals surface area contributed by atoms with Gasteiger partial charge in [0.2, 0.25) is 13.2 Å². The van der Waals surface area contributed by atoms with Crippen molar-refractivity contribution in [2.75, 3.05) is 14.1 Å². The molecule has 1 unspecified atom stereocenters. The number of amides is 1. The van der Waals surface area contributed by atoms with Crippen LogP contribution in [0.3, 0.4) is 0 Å². The van der Waals surface area contributed by atoms with E-state index in [9.17, 15) is 9.36 Å². The normalized spacial score (nSPS) is 20.9. The maximum Gasteiger partial charge on any atom is 0.241 e. The summed E-state index contributed by atoms with van der Waals surface area (Å²) in [7, 11) is 0.320. The van der Waals surface area contributed by atoms with E-state index in [1.807, 2.05) is 96.5 Å². The number of hydrogen-bond donors (Lipinski definition) is 0. The van der Waals surface area contributed by atoms with E-state index < -0.39 is 13.3 Å². The Hall–Kier alpha value is -2.68. The zero-order valence-corrected chi connectivity index (χ0v) is 17.8. The number of hydrogen-bond acceptors (Lipinski definition) is 2. The molecule has 5 heteroatoms. The van der Waals surface area contributed by atoms with Crippen molar-refractivity contribution in [3.8, 4) is 0 Å². The minimum absolute atomic E-state index is 0.0253. The minimum atomic E-state index is -3.18. The molecule has 0 aliphatic carbocycles. The molecule has 3 atom stereocenters. The van der Waals surface area contributed by atoms with Crippen LogP contribution in [0.2, 0.25) is 0 Å². The van der Waals surface area contributed by atoms with E-state index in [1.54, 1.807) is 19.0 Å². The minimum Gasteiger partial charge on any atom is -0.347 e. The van der Waals surface area contributed by atoms with Crippen molar-refractivity contribution in [1.82, 2.24) is 9.57 Å². The number of carbonyl (C=O) groups is 1. The Labute approximate surface area is 172 Å². The van der Waals surface area contributed by atoms with Crippen LogP contribution in [0.15, 0.2) is 84.9 Å². The fraction of sp³-hybridized carbons (Fsp3) is 0.208. The van der Waals surface area contributed by atoms with E-state index in [4.69, 9.17) is 0 Å². The Morgan fingerprint density at radius 2 is 1.31 bits per heavy atom. The van der Waals surface area contributed by atoms with E-state index in [0.29, 0.717) is 0 Å². The van der Waals surface area contributed by atoms with E-state index in [1.165, 1.54) is 0 Å². The van der Waals surface area contributed by atoms with E-state index >= 15 is 0 Å². The van der Waals surface area contributed by atoms with Gasteiger partial charge in [-0.1, -0.05) is 66.2 Å². The van der Waals surface area contributed by atoms with Crippen LogP contribution in [0, 0.1) is 6.92 Å². The van der Waals surface area contributed by atoms with Gasteiger partial charge in [-0.3, -0.25) is 9.36 Å². The van der Waals surface area contributed by atoms with Gasteiger partial charge in [-0.05, 0) is 36.8 Å². The predicted molar refractivity (Wildman–Crippen MR) is 118 cm³/mol. The van der Waals surface area contributed by atoms with Gasteiger partial charge in [0.25, 0.3) is 0 Å². The molecule has 148 valence electrons. The van der Waals surface area contributed by atoms with Gasteiger partial charge in [0.15, 0.2) is 0 Å². The highest BCUT2D eigenvalue weighted by molar-refractivity contribution is 7.76. The average Bonchev–Trinajstić information content (AvgIpc) is 3.50. The molecular formula is C24H25N2O2P. The molecule has 0 bridgehead atoms. The molecule has 29 heavy (non-hydrogen) atoms. The van der Waals surface area contributed by atoms with Crippen LogP contribution in [-0.4, -0.2) is 35.6 Å². The van der Waals surface area contributed by atoms with Gasteiger partial charge in [-0.2, -0.15) is 0 Å². The lowest BCUT2D eigenvalue weighted by molar-refractivity contribution is -0.128. The fourth-order valence-electron chi connectivity index (χ4n) is 3.86. The van der Waals surface area contributed by atoms with Crippen molar-refractivity contribution < 1.29 is 9.36 Å². The number of nitrogens with zero attached hydrogens (tertiary/aromatic N) is 2. The van der Waals surface area contributed by atoms with Crippen LogP contribution in [-0.2, 0) is 9.36 Å². The molecular weight excluding hydrogens is 379 g/mol. The van der Waals surface area contributed by atoms with Gasteiger partial charge in [-0.15, -0.1) is 0 Å². The first-order valence-corrected chi connectivity index (χ1v) is 11.4. The third-order valence-corrected chi connectivity index (χ3v) is 8.57. The number of carbonyl (C=O) groups excluding carboxylic acids is 1. The van der Waals surface area contributed by atoms with Gasteiger partial charge >= 0.3 is 0 Å². The summed E-state index contributed by atoms with van der Waals surface area (Å²) in [6, 6.07) is 26.5. The molecule has 0 radical (unpaired) electrons. The lowest BCUT2D eigenvalue weighted by atomic mass is 10.1. The Bertz CT molecular complexity index is 1010. The van der Waals surface area contributed by atoms with Crippen molar-refractivity contribution in [1.29, 1.82) is 0 Å². The molecule has 0 spiro atoms. The quantitative estimate of drug-likeness (QED) is 0.481. The first-order chi connectivity index (χ1) is 13.9. The Morgan fingerprint density at radius 3 is 1.76 bits per heavy atom. The second kappa shape index (κ2) is 7.62. The number of likely N-dealkylation sites (N-methyl/N-ethyl adjacent to an activating group) is 1. The summed E-state index contributed by atoms with van der Waals surface area (Å²) in [6.45, 7) is 2.04. The average molecular weight is 404 g/mol. The molecule has 3 aromatic rings. The van der Waals surface area contributed by atoms with Crippen LogP contribution in [0.25, 0.3) is 0 Å². The maximum atomic E-state index is 14.7. The number of benzene rings is 3. The molecule has 4 rings (SSSR count). The summed E-state index contributed by atoms with van der Waals surface area (Å²) in [5, 5.41) is 1.50. The molecule has 0 aromatic heterocycles. The number of rotatable bonds is 5. The highest BCUT2D eigenvalue weighted by Crippen LogP contribution is 2.64. The summed E-state index contributed by atoms with van der Waals surface area (Å²) >= 11 is 0. The SMILES string of the molecule is Cc1ccc([C@@H]2[C@H](C(=O)N(C)C)N2P(=O)(c2ccccc2)c2ccccc2)cc1. The van der Waals surface area contributed by atoms with Gasteiger partial charge in [0.05, 0.1) is 6.04 Å². The van der Waals surface area contributed by atoms with E-state index in [2.05, 4.69) is 0 Å². The fourth-order valence-corrected chi connectivity index (χ4v) is 6.97. The van der Waals surface area contributed by atoms with Crippen molar-refractivity contribution >= 4 is 23.8 Å². The molecule has 1 saturated heterocycles. The lowest BCUT2D eigenvalue weighted by Crippen LogP contribution is -2.30. The van der Waals surface area contributed by atoms with Gasteiger partial charge < -0.3 is 4.90 Å². The maximum absolute atomic E-state index is 14.7. The largest absolute Gasteiger partial charge is 0.347 e. The zero-order valence-electron chi connectivity index (χ0n) is 16.9. The van der Waals surface area contributed by atoms with Crippen LogP contribution >= 0.6 is 7.29 Å². The second-order valence-corrected chi connectivity index (χ2v) is 10.3. The van der Waals surface area contributed by atoms with Crippen LogP contribution in [0.5, 0.6) is 0 Å². The van der Waals surface area contributed by atoms with Crippen molar-refractivity contribution in [2.24, 2.45) is 0 Å². The monoisotopic (exact) mass is 404 g/mol. The van der Waals surface area contributed by atoms with Gasteiger partial charge in [-0.25, -0.2) is 4.67 Å². The topological polar surface area (TPSA) is 40.4 Å². The van der Waals surface area contributed by atoms with E-state index in [-0.39, 0.29) is 11.9 Å². The number of aryl methyl sites for hydroxylation is 1. The van der Waals surface area contributed by atoms with Gasteiger partial charge in [0, 0.05) is 24.7 Å². The Balaban J connectivity index is 1.87. The Morgan fingerprint density at radius 1 is 0.828 bits per heavy atom. The van der Waals surface area contributed by atoms with Gasteiger partial charge in [0.1, 0.15) is 6.04 Å². The van der Waals surface area contributed by atoms with Crippen LogP contribution in [0.4, 0.5) is 0 Å². The second-order valence-electron chi connectivity index (χ2n) is 7.66. The molecule has 1 aliphatic heterocycles. The summed E-state index contributed by atoms with van der Waals surface area (Å²) in [4.78, 5) is 14.6. The molecule has 1 aliphatic rings. The van der Waals surface area contributed by atoms with Crippen LogP contribution in [0.1, 0.15) is 17.2 Å². The molecule has 1 fully saturated rings. The smallest absolute Gasteiger partial charge is 0.241 e. The van der Waals surface area contributed by atoms with E-state index in [0.717, 1.165) is 21.7 Å². The molecule has 0 saturated carbocycles. The highest BCUT2D eigenvalue weighted by atomic mass is 31.2. The van der Waals surface area contributed by atoms with Crippen molar-refractivity contribution in [3.05, 3.63) is 96.1 Å². The third kappa shape index (κ3) is 3.43. The summed E-state index contributed by atoms with van der Waals surface area (Å²) in [6.07, 6.45) is 0. The van der Waals surface area contributed by atoms with Crippen molar-refractivity contribution in [3.63, 3.8) is 0 Å². The van der Waals surface area contributed by atoms with Crippen molar-refractivity contribution in [2.45, 2.75) is 19.0 Å². The first-order valence-electron chi connectivity index (χ1n) is 9.72. The molecule has 1 heterocycles. The predicted octanol–water partition coefficient (Wildman–Crippen LogP) is 3.74. The highest BCUT2D eigenvalue weighted by Gasteiger charge is 2.62. The Kier molecular flexibility index (Phi) is 5.16. The summed E-state index contributed by atoms with van der Waals surface area (Å²) < 4.78 is 16.6. The molecule has 1 amide bonds. The zero-order chi connectivity index (χ0) is 20.6. The molecule has 4 nitrogen and oxygen atoms in total. The summed E-state index contributed by atoms with van der Waals surface area (Å²) in [5.41, 5.74) is 2.17.